The van der Waals surface area contributed by atoms with Gasteiger partial charge in [-0.1, -0.05) is 18.2 Å². The first-order valence-electron chi connectivity index (χ1n) is 11.7. The largest absolute Gasteiger partial charge is 0.372 e. The summed E-state index contributed by atoms with van der Waals surface area (Å²) in [6, 6.07) is 12.6. The van der Waals surface area contributed by atoms with Gasteiger partial charge in [0.1, 0.15) is 11.6 Å². The number of piperazine rings is 1. The van der Waals surface area contributed by atoms with Crippen LogP contribution in [0.1, 0.15) is 30.9 Å². The van der Waals surface area contributed by atoms with Crippen LogP contribution in [0.4, 0.5) is 23.1 Å². The Kier molecular flexibility index (Phi) is 7.24. The molecule has 0 aliphatic carbocycles. The monoisotopic (exact) mass is 446 g/mol. The van der Waals surface area contributed by atoms with Crippen LogP contribution in [0, 0.1) is 6.92 Å². The van der Waals surface area contributed by atoms with Gasteiger partial charge in [-0.3, -0.25) is 5.10 Å². The third kappa shape index (κ3) is 5.90. The van der Waals surface area contributed by atoms with Crippen molar-refractivity contribution >= 4 is 35.3 Å². The van der Waals surface area contributed by atoms with Gasteiger partial charge in [0, 0.05) is 62.8 Å². The molecular weight excluding hydrogens is 412 g/mol. The van der Waals surface area contributed by atoms with Crippen molar-refractivity contribution in [3.05, 3.63) is 53.5 Å². The van der Waals surface area contributed by atoms with E-state index in [1.54, 1.807) is 0 Å². The minimum absolute atomic E-state index is 0.675. The summed E-state index contributed by atoms with van der Waals surface area (Å²) in [4.78, 5) is 16.6. The second kappa shape index (κ2) is 10.5. The minimum atomic E-state index is 0.675. The molecule has 1 aromatic carbocycles. The molecule has 1 saturated heterocycles. The van der Waals surface area contributed by atoms with Gasteiger partial charge in [0.05, 0.1) is 0 Å². The summed E-state index contributed by atoms with van der Waals surface area (Å²) in [5.41, 5.74) is 3.36. The molecule has 1 aliphatic rings. The van der Waals surface area contributed by atoms with Gasteiger partial charge in [0.15, 0.2) is 11.6 Å². The second-order valence-corrected chi connectivity index (χ2v) is 8.42. The Bertz CT molecular complexity index is 1060. The topological polar surface area (TPSA) is 76.2 Å². The van der Waals surface area contributed by atoms with E-state index in [4.69, 9.17) is 9.97 Å². The summed E-state index contributed by atoms with van der Waals surface area (Å²) >= 11 is 0. The molecule has 0 amide bonds. The summed E-state index contributed by atoms with van der Waals surface area (Å²) in [5, 5.41) is 10.6. The number of aromatic nitrogens is 4. The number of benzene rings is 1. The average molecular weight is 447 g/mol. The fourth-order valence-corrected chi connectivity index (χ4v) is 3.96. The van der Waals surface area contributed by atoms with Crippen molar-refractivity contribution in [2.24, 2.45) is 0 Å². The van der Waals surface area contributed by atoms with Crippen LogP contribution in [0.2, 0.25) is 0 Å². The first-order chi connectivity index (χ1) is 16.0. The van der Waals surface area contributed by atoms with Crippen LogP contribution in [-0.2, 0) is 0 Å². The molecule has 8 nitrogen and oxygen atoms in total. The Labute approximate surface area is 196 Å². The van der Waals surface area contributed by atoms with E-state index in [0.29, 0.717) is 5.82 Å². The van der Waals surface area contributed by atoms with E-state index in [0.717, 1.165) is 68.0 Å². The fraction of sp³-hybridized carbons (Fsp3) is 0.400. The van der Waals surface area contributed by atoms with Crippen molar-refractivity contribution in [2.45, 2.75) is 20.8 Å². The molecule has 0 bridgehead atoms. The maximum Gasteiger partial charge on any atom is 0.156 e. The van der Waals surface area contributed by atoms with Gasteiger partial charge in [-0.15, -0.1) is 0 Å². The number of aryl methyl sites for hydroxylation is 1. The quantitative estimate of drug-likeness (QED) is 0.541. The van der Waals surface area contributed by atoms with E-state index in [9.17, 15) is 0 Å². The molecule has 1 aliphatic heterocycles. The maximum atomic E-state index is 4.85. The highest BCUT2D eigenvalue weighted by Gasteiger charge is 2.17. The summed E-state index contributed by atoms with van der Waals surface area (Å²) in [6.07, 6.45) is 4.05. The van der Waals surface area contributed by atoms with Crippen LogP contribution in [0.25, 0.3) is 12.2 Å². The summed E-state index contributed by atoms with van der Waals surface area (Å²) in [7, 11) is 2.16. The highest BCUT2D eigenvalue weighted by atomic mass is 15.3. The normalized spacial score (nSPS) is 14.7. The maximum absolute atomic E-state index is 4.85. The van der Waals surface area contributed by atoms with E-state index < -0.39 is 0 Å². The molecule has 33 heavy (non-hydrogen) atoms. The molecular formula is C25H34N8. The summed E-state index contributed by atoms with van der Waals surface area (Å²) < 4.78 is 0. The molecule has 2 N–H and O–H groups in total. The Morgan fingerprint density at radius 2 is 1.70 bits per heavy atom. The van der Waals surface area contributed by atoms with Crippen molar-refractivity contribution in [3.63, 3.8) is 0 Å². The van der Waals surface area contributed by atoms with Crippen LogP contribution >= 0.6 is 0 Å². The molecule has 3 aromatic rings. The molecule has 8 heteroatoms. The number of aromatic amines is 1. The van der Waals surface area contributed by atoms with Crippen molar-refractivity contribution in [1.29, 1.82) is 0 Å². The standard InChI is InChI=1S/C25H34N8/c1-5-32(6-2)21-10-7-20(8-11-21)9-12-22-26-23(27-24-17-19(3)29-30-24)18-25(28-22)33-15-13-31(4)14-16-33/h7-12,17-18H,5-6,13-16H2,1-4H3,(H2,26,27,28,29,30)/b12-9+. The van der Waals surface area contributed by atoms with Crippen molar-refractivity contribution < 1.29 is 0 Å². The Balaban J connectivity index is 1.57. The number of hydrogen-bond acceptors (Lipinski definition) is 7. The number of nitrogens with one attached hydrogen (secondary N) is 2. The van der Waals surface area contributed by atoms with E-state index in [1.807, 2.05) is 25.1 Å². The van der Waals surface area contributed by atoms with Gasteiger partial charge in [-0.05, 0) is 51.6 Å². The molecule has 4 rings (SSSR count). The Morgan fingerprint density at radius 1 is 0.970 bits per heavy atom. The van der Waals surface area contributed by atoms with E-state index in [1.165, 1.54) is 5.69 Å². The lowest BCUT2D eigenvalue weighted by Gasteiger charge is -2.33. The van der Waals surface area contributed by atoms with E-state index >= 15 is 0 Å². The van der Waals surface area contributed by atoms with E-state index in [2.05, 4.69) is 81.5 Å². The Hall–Kier alpha value is -3.39. The molecule has 3 heterocycles. The third-order valence-electron chi connectivity index (χ3n) is 5.97. The predicted molar refractivity (Wildman–Crippen MR) is 137 cm³/mol. The minimum Gasteiger partial charge on any atom is -0.372 e. The molecule has 2 aromatic heterocycles. The van der Waals surface area contributed by atoms with Crippen molar-refractivity contribution in [2.75, 3.05) is 61.4 Å². The third-order valence-corrected chi connectivity index (χ3v) is 5.97. The van der Waals surface area contributed by atoms with Crippen LogP contribution in [0.3, 0.4) is 0 Å². The first kappa shape index (κ1) is 22.8. The number of rotatable bonds is 8. The van der Waals surface area contributed by atoms with Crippen molar-refractivity contribution in [1.82, 2.24) is 25.1 Å². The zero-order valence-corrected chi connectivity index (χ0v) is 20.0. The summed E-state index contributed by atoms with van der Waals surface area (Å²) in [6.45, 7) is 12.3. The van der Waals surface area contributed by atoms with Crippen LogP contribution < -0.4 is 15.1 Å². The highest BCUT2D eigenvalue weighted by molar-refractivity contribution is 5.70. The molecule has 0 radical (unpaired) electrons. The van der Waals surface area contributed by atoms with Crippen LogP contribution in [0.15, 0.2) is 36.4 Å². The lowest BCUT2D eigenvalue weighted by Crippen LogP contribution is -2.44. The lowest BCUT2D eigenvalue weighted by molar-refractivity contribution is 0.312. The fourth-order valence-electron chi connectivity index (χ4n) is 3.96. The van der Waals surface area contributed by atoms with Gasteiger partial charge >= 0.3 is 0 Å². The van der Waals surface area contributed by atoms with Gasteiger partial charge in [-0.25, -0.2) is 9.97 Å². The molecule has 0 unspecified atom stereocenters. The highest BCUT2D eigenvalue weighted by Crippen LogP contribution is 2.22. The lowest BCUT2D eigenvalue weighted by atomic mass is 10.2. The smallest absolute Gasteiger partial charge is 0.156 e. The molecule has 0 spiro atoms. The second-order valence-electron chi connectivity index (χ2n) is 8.42. The Morgan fingerprint density at radius 3 is 2.33 bits per heavy atom. The molecule has 0 saturated carbocycles. The predicted octanol–water partition coefficient (Wildman–Crippen LogP) is 4.02. The SMILES string of the molecule is CCN(CC)c1ccc(/C=C/c2nc(Nc3cc(C)[nH]n3)cc(N3CCN(C)CC3)n2)cc1. The number of hydrogen-bond donors (Lipinski definition) is 2. The molecule has 1 fully saturated rings. The number of nitrogens with zero attached hydrogens (tertiary/aromatic N) is 6. The number of anilines is 4. The molecule has 174 valence electrons. The average Bonchev–Trinajstić information content (AvgIpc) is 3.24. The first-order valence-corrected chi connectivity index (χ1v) is 11.7. The van der Waals surface area contributed by atoms with Crippen LogP contribution in [0.5, 0.6) is 0 Å². The zero-order chi connectivity index (χ0) is 23.2. The van der Waals surface area contributed by atoms with Gasteiger partial charge in [0.2, 0.25) is 0 Å². The van der Waals surface area contributed by atoms with Gasteiger partial charge < -0.3 is 20.0 Å². The zero-order valence-electron chi connectivity index (χ0n) is 20.0. The van der Waals surface area contributed by atoms with Gasteiger partial charge in [-0.2, -0.15) is 5.10 Å². The van der Waals surface area contributed by atoms with Crippen LogP contribution in [-0.4, -0.2) is 71.4 Å². The number of likely N-dealkylation sites (N-methyl/N-ethyl adjacent to an activating group) is 1. The van der Waals surface area contributed by atoms with Gasteiger partial charge in [0.25, 0.3) is 0 Å². The summed E-state index contributed by atoms with van der Waals surface area (Å²) in [5.74, 6) is 3.10. The van der Waals surface area contributed by atoms with E-state index in [-0.39, 0.29) is 0 Å². The molecule has 0 atom stereocenters. The number of H-pyrrole nitrogens is 1. The van der Waals surface area contributed by atoms with Crippen molar-refractivity contribution in [3.8, 4) is 0 Å².